The van der Waals surface area contributed by atoms with Crippen molar-refractivity contribution in [2.75, 3.05) is 0 Å². The van der Waals surface area contributed by atoms with Gasteiger partial charge in [-0.05, 0) is 0 Å². The zero-order valence-corrected chi connectivity index (χ0v) is 5.48. The van der Waals surface area contributed by atoms with Crippen molar-refractivity contribution in [2.24, 2.45) is 0 Å². The van der Waals surface area contributed by atoms with Gasteiger partial charge >= 0.3 is 7.41 Å². The molecule has 0 saturated heterocycles. The molecule has 0 radical (unpaired) electrons. The molecule has 0 saturated carbocycles. The Kier molecular flexibility index (Phi) is 1.76. The molecule has 5 nitrogen and oxygen atoms in total. The van der Waals surface area contributed by atoms with Gasteiger partial charge in [0.25, 0.3) is 5.87 Å². The maximum Gasteiger partial charge on any atom is 0.380 e. The van der Waals surface area contributed by atoms with Gasteiger partial charge in [0.1, 0.15) is 0 Å². The Bertz CT molecular complexity index is 241. The maximum absolute atomic E-state index is 10.7. The molecule has 1 N–H and O–H groups in total. The highest BCUT2D eigenvalue weighted by atomic mass is 16.4. The fourth-order valence-corrected chi connectivity index (χ4v) is 0.722. The van der Waals surface area contributed by atoms with E-state index >= 15 is 0 Å². The largest absolute Gasteiger partial charge is 0.488 e. The van der Waals surface area contributed by atoms with E-state index in [0.717, 1.165) is 12.2 Å². The highest BCUT2D eigenvalue weighted by molar-refractivity contribution is 6.74. The van der Waals surface area contributed by atoms with Crippen LogP contribution in [0.4, 0.5) is 4.79 Å². The van der Waals surface area contributed by atoms with Crippen LogP contribution in [-0.4, -0.2) is 35.0 Å². The van der Waals surface area contributed by atoms with E-state index in [9.17, 15) is 14.4 Å². The van der Waals surface area contributed by atoms with Crippen molar-refractivity contribution in [2.45, 2.75) is 0 Å². The quantitative estimate of drug-likeness (QED) is 0.405. The Hall–Kier alpha value is -1.59. The van der Waals surface area contributed by atoms with Gasteiger partial charge in [-0.15, -0.1) is 0 Å². The molecule has 1 aliphatic heterocycles. The third-order valence-corrected chi connectivity index (χ3v) is 1.19. The number of nitrogens with zero attached hydrogens (tertiary/aromatic N) is 1. The number of hydrogen-bond acceptors (Lipinski definition) is 3. The van der Waals surface area contributed by atoms with Crippen LogP contribution in [0.2, 0.25) is 0 Å². The average Bonchev–Trinajstić information content (AvgIpc) is 2.18. The normalized spacial score (nSPS) is 15.8. The first-order valence-corrected chi connectivity index (χ1v) is 2.86. The van der Waals surface area contributed by atoms with E-state index in [1.807, 2.05) is 0 Å². The lowest BCUT2D eigenvalue weighted by Crippen LogP contribution is -2.37. The lowest BCUT2D eigenvalue weighted by molar-refractivity contribution is -0.131. The van der Waals surface area contributed by atoms with Gasteiger partial charge < -0.3 is 9.92 Å². The fourth-order valence-electron chi connectivity index (χ4n) is 0.722. The molecule has 1 heterocycles. The molecule has 0 aromatic carbocycles. The van der Waals surface area contributed by atoms with E-state index in [0.29, 0.717) is 4.81 Å². The van der Waals surface area contributed by atoms with Crippen molar-refractivity contribution in [1.29, 1.82) is 0 Å². The minimum absolute atomic E-state index is 0.565. The summed E-state index contributed by atoms with van der Waals surface area (Å²) in [7, 11) is -0.565. The van der Waals surface area contributed by atoms with Crippen molar-refractivity contribution in [3.05, 3.63) is 12.2 Å². The van der Waals surface area contributed by atoms with Crippen molar-refractivity contribution in [1.82, 2.24) is 4.81 Å². The third-order valence-electron chi connectivity index (χ3n) is 1.19. The Morgan fingerprint density at radius 1 is 1.36 bits per heavy atom. The number of hydrogen-bond donors (Lipinski definition) is 1. The first-order valence-electron chi connectivity index (χ1n) is 2.86. The van der Waals surface area contributed by atoms with Crippen LogP contribution in [0.15, 0.2) is 12.2 Å². The van der Waals surface area contributed by atoms with Crippen LogP contribution < -0.4 is 0 Å². The summed E-state index contributed by atoms with van der Waals surface area (Å²) in [6, 6.07) is 0. The van der Waals surface area contributed by atoms with Gasteiger partial charge in [-0.2, -0.15) is 0 Å². The Morgan fingerprint density at radius 3 is 2.18 bits per heavy atom. The first-order chi connectivity index (χ1) is 5.11. The van der Waals surface area contributed by atoms with E-state index in [2.05, 4.69) is 0 Å². The van der Waals surface area contributed by atoms with Crippen molar-refractivity contribution < 1.29 is 19.5 Å². The fraction of sp³-hybridized carbons (Fsp3) is 0. The van der Waals surface area contributed by atoms with E-state index in [1.54, 1.807) is 0 Å². The maximum atomic E-state index is 10.7. The van der Waals surface area contributed by atoms with Crippen LogP contribution in [0.25, 0.3) is 0 Å². The standard InChI is InChI=1S/C5H4BNO4/c8-3-1-2-4(9)7(3)6-5(10)11/h1-2,6H,(H,10,11). The van der Waals surface area contributed by atoms with Gasteiger partial charge in [0.2, 0.25) is 11.8 Å². The summed E-state index contributed by atoms with van der Waals surface area (Å²) in [5.41, 5.74) is 0. The van der Waals surface area contributed by atoms with Crippen LogP contribution in [0, 0.1) is 0 Å². The molecule has 0 atom stereocenters. The molecule has 0 aromatic heterocycles. The van der Waals surface area contributed by atoms with Gasteiger partial charge in [0.05, 0.1) is 0 Å². The Labute approximate surface area is 62.6 Å². The Morgan fingerprint density at radius 2 is 1.82 bits per heavy atom. The second-order valence-electron chi connectivity index (χ2n) is 1.99. The topological polar surface area (TPSA) is 74.7 Å². The van der Waals surface area contributed by atoms with Gasteiger partial charge in [-0.25, -0.2) is 0 Å². The molecule has 0 unspecified atom stereocenters. The second kappa shape index (κ2) is 2.57. The smallest absolute Gasteiger partial charge is 0.380 e. The molecule has 0 spiro atoms. The highest BCUT2D eigenvalue weighted by Gasteiger charge is 2.26. The summed E-state index contributed by atoms with van der Waals surface area (Å²) >= 11 is 0. The zero-order chi connectivity index (χ0) is 8.43. The number of carbonyl (C=O) groups excluding carboxylic acids is 2. The minimum atomic E-state index is -1.20. The van der Waals surface area contributed by atoms with Crippen LogP contribution in [-0.2, 0) is 9.59 Å². The Balaban J connectivity index is 2.66. The lowest BCUT2D eigenvalue weighted by atomic mass is 9.92. The predicted octanol–water partition coefficient (Wildman–Crippen LogP) is -1.06. The van der Waals surface area contributed by atoms with E-state index in [4.69, 9.17) is 5.11 Å². The van der Waals surface area contributed by atoms with Gasteiger partial charge in [0.15, 0.2) is 0 Å². The SMILES string of the molecule is O=C(O)BN1C(=O)C=CC1=O. The zero-order valence-electron chi connectivity index (χ0n) is 5.48. The molecule has 1 aliphatic rings. The molecule has 6 heteroatoms. The average molecular weight is 153 g/mol. The molecule has 0 aromatic rings. The molecule has 2 amide bonds. The van der Waals surface area contributed by atoms with Crippen molar-refractivity contribution >= 4 is 25.1 Å². The van der Waals surface area contributed by atoms with Crippen molar-refractivity contribution in [3.63, 3.8) is 0 Å². The van der Waals surface area contributed by atoms with Gasteiger partial charge in [-0.1, -0.05) is 0 Å². The van der Waals surface area contributed by atoms with Gasteiger partial charge in [0, 0.05) is 12.2 Å². The number of carbonyl (C=O) groups is 3. The summed E-state index contributed by atoms with van der Waals surface area (Å²) in [5, 5.41) is 8.24. The number of carboxylic acid groups (broad SMARTS) is 1. The number of rotatable bonds is 2. The third kappa shape index (κ3) is 1.46. The molecule has 0 aliphatic carbocycles. The summed E-state index contributed by atoms with van der Waals surface area (Å²) in [6.07, 6.45) is 2.09. The molecule has 11 heavy (non-hydrogen) atoms. The van der Waals surface area contributed by atoms with E-state index < -0.39 is 25.1 Å². The molecule has 0 bridgehead atoms. The molecule has 56 valence electrons. The van der Waals surface area contributed by atoms with E-state index in [1.165, 1.54) is 0 Å². The van der Waals surface area contributed by atoms with Crippen molar-refractivity contribution in [3.8, 4) is 0 Å². The summed E-state index contributed by atoms with van der Waals surface area (Å²) in [5.74, 6) is -2.34. The first kappa shape index (κ1) is 7.52. The predicted molar refractivity (Wildman–Crippen MR) is 36.2 cm³/mol. The molecular formula is C5H4BNO4. The van der Waals surface area contributed by atoms with Crippen LogP contribution in [0.1, 0.15) is 0 Å². The molecule has 0 fully saturated rings. The van der Waals surface area contributed by atoms with E-state index in [-0.39, 0.29) is 0 Å². The number of imide groups is 1. The molecule has 1 rings (SSSR count). The number of amides is 2. The molecular weight excluding hydrogens is 149 g/mol. The summed E-state index contributed by atoms with van der Waals surface area (Å²) in [6.45, 7) is 0. The van der Waals surface area contributed by atoms with Gasteiger partial charge in [-0.3, -0.25) is 14.4 Å². The van der Waals surface area contributed by atoms with Crippen LogP contribution >= 0.6 is 0 Å². The second-order valence-corrected chi connectivity index (χ2v) is 1.99. The highest BCUT2D eigenvalue weighted by Crippen LogP contribution is 2.00. The van der Waals surface area contributed by atoms with Crippen LogP contribution in [0.5, 0.6) is 0 Å². The summed E-state index contributed by atoms with van der Waals surface area (Å²) in [4.78, 5) is 32.1. The minimum Gasteiger partial charge on any atom is -0.488 e. The lowest BCUT2D eigenvalue weighted by Gasteiger charge is -2.07. The monoisotopic (exact) mass is 153 g/mol. The summed E-state index contributed by atoms with van der Waals surface area (Å²) < 4.78 is 0. The van der Waals surface area contributed by atoms with Crippen LogP contribution in [0.3, 0.4) is 0 Å².